The maximum absolute atomic E-state index is 12.3. The zero-order valence-electron chi connectivity index (χ0n) is 13.6. The highest BCUT2D eigenvalue weighted by Crippen LogP contribution is 2.02. The van der Waals surface area contributed by atoms with Gasteiger partial charge in [-0.2, -0.15) is 9.78 Å². The number of hydrogen-bond acceptors (Lipinski definition) is 5. The third-order valence-electron chi connectivity index (χ3n) is 3.30. The second-order valence-electron chi connectivity index (χ2n) is 5.14. The predicted molar refractivity (Wildman–Crippen MR) is 93.4 cm³/mol. The van der Waals surface area contributed by atoms with Gasteiger partial charge in [-0.15, -0.1) is 4.99 Å². The number of benzene rings is 2. The summed E-state index contributed by atoms with van der Waals surface area (Å²) in [6.45, 7) is 0.0699. The van der Waals surface area contributed by atoms with Gasteiger partial charge < -0.3 is 4.74 Å². The molecule has 130 valence electrons. The maximum atomic E-state index is 12.3. The Morgan fingerprint density at radius 3 is 2.38 bits per heavy atom. The van der Waals surface area contributed by atoms with Crippen molar-refractivity contribution in [2.24, 2.45) is 4.99 Å². The molecule has 3 aromatic rings. The molecule has 8 nitrogen and oxygen atoms in total. The average molecular weight is 349 g/mol. The molecule has 0 aliphatic carbocycles. The molecule has 8 heteroatoms. The smallest absolute Gasteiger partial charge is 0.437 e. The van der Waals surface area contributed by atoms with E-state index in [0.717, 1.165) is 5.56 Å². The first kappa shape index (κ1) is 17.0. The number of nitrogens with zero attached hydrogens (tertiary/aromatic N) is 4. The average Bonchev–Trinajstić information content (AvgIpc) is 3.22. The van der Waals surface area contributed by atoms with Gasteiger partial charge in [0.1, 0.15) is 19.3 Å². The lowest BCUT2D eigenvalue weighted by Gasteiger charge is -2.08. The van der Waals surface area contributed by atoms with Crippen LogP contribution >= 0.6 is 0 Å². The van der Waals surface area contributed by atoms with E-state index in [1.165, 1.54) is 17.3 Å². The van der Waals surface area contributed by atoms with Gasteiger partial charge in [0.15, 0.2) is 0 Å². The molecule has 0 spiro atoms. The predicted octanol–water partition coefficient (Wildman–Crippen LogP) is 2.25. The van der Waals surface area contributed by atoms with Gasteiger partial charge in [0, 0.05) is 5.56 Å². The van der Waals surface area contributed by atoms with E-state index in [0.29, 0.717) is 5.56 Å². The van der Waals surface area contributed by atoms with Crippen LogP contribution in [0.3, 0.4) is 0 Å². The lowest BCUT2D eigenvalue weighted by atomic mass is 10.2. The van der Waals surface area contributed by atoms with Crippen molar-refractivity contribution in [1.82, 2.24) is 20.1 Å². The fourth-order valence-electron chi connectivity index (χ4n) is 2.06. The molecule has 26 heavy (non-hydrogen) atoms. The number of hydrogen-bond donors (Lipinski definition) is 1. The van der Waals surface area contributed by atoms with Crippen molar-refractivity contribution in [3.8, 4) is 0 Å². The van der Waals surface area contributed by atoms with Gasteiger partial charge >= 0.3 is 6.09 Å². The van der Waals surface area contributed by atoms with Gasteiger partial charge in [-0.25, -0.2) is 9.78 Å². The van der Waals surface area contributed by atoms with E-state index in [-0.39, 0.29) is 12.6 Å². The van der Waals surface area contributed by atoms with Crippen molar-refractivity contribution in [2.75, 3.05) is 0 Å². The minimum absolute atomic E-state index is 0.0699. The topological polar surface area (TPSA) is 98.5 Å². The molecular formula is C18H15N5O3. The van der Waals surface area contributed by atoms with Crippen LogP contribution in [0.1, 0.15) is 15.9 Å². The van der Waals surface area contributed by atoms with Gasteiger partial charge in [0.2, 0.25) is 5.96 Å². The van der Waals surface area contributed by atoms with E-state index in [1.807, 2.05) is 30.3 Å². The zero-order valence-corrected chi connectivity index (χ0v) is 13.6. The lowest BCUT2D eigenvalue weighted by Crippen LogP contribution is -2.36. The van der Waals surface area contributed by atoms with Crippen molar-refractivity contribution in [3.63, 3.8) is 0 Å². The first-order valence-corrected chi connectivity index (χ1v) is 7.73. The molecule has 0 aliphatic rings. The van der Waals surface area contributed by atoms with Crippen molar-refractivity contribution in [1.29, 1.82) is 0 Å². The van der Waals surface area contributed by atoms with Crippen LogP contribution in [0.2, 0.25) is 0 Å². The molecular weight excluding hydrogens is 334 g/mol. The van der Waals surface area contributed by atoms with Gasteiger partial charge in [-0.3, -0.25) is 10.1 Å². The Kier molecular flexibility index (Phi) is 5.46. The van der Waals surface area contributed by atoms with Gasteiger partial charge in [-0.05, 0) is 17.7 Å². The van der Waals surface area contributed by atoms with E-state index in [1.54, 1.807) is 30.3 Å². The standard InChI is InChI=1S/C18H15N5O3/c24-16(15-9-5-2-6-10-15)21-17(23-13-19-12-20-23)22-18(25)26-11-14-7-3-1-4-8-14/h1-10,12-13H,11H2,(H,21,22,24,25). The van der Waals surface area contributed by atoms with E-state index < -0.39 is 12.0 Å². The quantitative estimate of drug-likeness (QED) is 0.578. The van der Waals surface area contributed by atoms with Crippen molar-refractivity contribution >= 4 is 18.0 Å². The number of rotatable bonds is 3. The number of carbonyl (C=O) groups excluding carboxylic acids is 2. The summed E-state index contributed by atoms with van der Waals surface area (Å²) < 4.78 is 6.28. The van der Waals surface area contributed by atoms with Crippen LogP contribution in [0, 0.1) is 0 Å². The molecule has 1 heterocycles. The molecule has 2 amide bonds. The van der Waals surface area contributed by atoms with Crippen LogP contribution in [0.5, 0.6) is 0 Å². The van der Waals surface area contributed by atoms with Crippen molar-refractivity contribution in [3.05, 3.63) is 84.4 Å². The molecule has 1 aromatic heterocycles. The summed E-state index contributed by atoms with van der Waals surface area (Å²) in [7, 11) is 0. The molecule has 0 atom stereocenters. The van der Waals surface area contributed by atoms with Crippen LogP contribution in [-0.2, 0) is 11.3 Å². The number of aliphatic imine (C=N–C) groups is 1. The van der Waals surface area contributed by atoms with Crippen LogP contribution < -0.4 is 5.32 Å². The Morgan fingerprint density at radius 1 is 1.04 bits per heavy atom. The fourth-order valence-corrected chi connectivity index (χ4v) is 2.06. The molecule has 0 unspecified atom stereocenters. The van der Waals surface area contributed by atoms with E-state index in [4.69, 9.17) is 4.74 Å². The second kappa shape index (κ2) is 8.34. The van der Waals surface area contributed by atoms with E-state index >= 15 is 0 Å². The third kappa shape index (κ3) is 4.60. The fraction of sp³-hybridized carbons (Fsp3) is 0.0556. The summed E-state index contributed by atoms with van der Waals surface area (Å²) in [5.74, 6) is -0.537. The summed E-state index contributed by atoms with van der Waals surface area (Å²) in [5, 5.41) is 6.42. The van der Waals surface area contributed by atoms with Crippen LogP contribution in [0.15, 0.2) is 78.3 Å². The number of amides is 2. The maximum Gasteiger partial charge on any atom is 0.437 e. The van der Waals surface area contributed by atoms with Gasteiger partial charge in [0.05, 0.1) is 0 Å². The number of nitrogens with one attached hydrogen (secondary N) is 1. The Labute approximate surface area is 149 Å². The Bertz CT molecular complexity index is 893. The van der Waals surface area contributed by atoms with Crippen molar-refractivity contribution in [2.45, 2.75) is 6.61 Å². The molecule has 0 radical (unpaired) electrons. The largest absolute Gasteiger partial charge is 0.443 e. The second-order valence-corrected chi connectivity index (χ2v) is 5.14. The number of ether oxygens (including phenoxy) is 1. The first-order valence-electron chi connectivity index (χ1n) is 7.73. The number of aromatic nitrogens is 3. The molecule has 1 N–H and O–H groups in total. The van der Waals surface area contributed by atoms with E-state index in [2.05, 4.69) is 20.4 Å². The number of carbonyl (C=O) groups is 2. The normalized spacial score (nSPS) is 11.0. The lowest BCUT2D eigenvalue weighted by molar-refractivity contribution is 0.0975. The molecule has 0 aliphatic heterocycles. The summed E-state index contributed by atoms with van der Waals surface area (Å²) in [4.78, 5) is 31.9. The molecule has 0 fully saturated rings. The minimum atomic E-state index is -0.854. The Morgan fingerprint density at radius 2 is 1.73 bits per heavy atom. The molecule has 0 bridgehead atoms. The molecule has 3 rings (SSSR count). The van der Waals surface area contributed by atoms with Crippen LogP contribution in [0.4, 0.5) is 4.79 Å². The summed E-state index contributed by atoms with van der Waals surface area (Å²) in [6, 6.07) is 17.7. The highest BCUT2D eigenvalue weighted by Gasteiger charge is 2.13. The SMILES string of the molecule is O=C(/N=C(\NC(=O)c1ccccc1)n1cncn1)OCc1ccccc1. The van der Waals surface area contributed by atoms with Gasteiger partial charge in [-0.1, -0.05) is 48.5 Å². The molecule has 0 saturated carbocycles. The van der Waals surface area contributed by atoms with Gasteiger partial charge in [0.25, 0.3) is 5.91 Å². The van der Waals surface area contributed by atoms with Crippen LogP contribution in [0.25, 0.3) is 0 Å². The highest BCUT2D eigenvalue weighted by molar-refractivity contribution is 6.07. The molecule has 0 saturated heterocycles. The minimum Gasteiger partial charge on any atom is -0.443 e. The van der Waals surface area contributed by atoms with E-state index in [9.17, 15) is 9.59 Å². The Balaban J connectivity index is 1.72. The highest BCUT2D eigenvalue weighted by atomic mass is 16.5. The summed E-state index contributed by atoms with van der Waals surface area (Å²) in [6.07, 6.45) is 1.72. The van der Waals surface area contributed by atoms with Crippen LogP contribution in [-0.4, -0.2) is 32.7 Å². The summed E-state index contributed by atoms with van der Waals surface area (Å²) >= 11 is 0. The molecule has 2 aromatic carbocycles. The van der Waals surface area contributed by atoms with Crippen molar-refractivity contribution < 1.29 is 14.3 Å². The monoisotopic (exact) mass is 349 g/mol. The first-order chi connectivity index (χ1) is 12.7. The third-order valence-corrected chi connectivity index (χ3v) is 3.30. The summed E-state index contributed by atoms with van der Waals surface area (Å²) in [5.41, 5.74) is 1.24. The zero-order chi connectivity index (χ0) is 18.2. The Hall–Kier alpha value is -3.81.